The number of hydrogen-bond acceptors (Lipinski definition) is 6. The molecule has 1 aliphatic rings. The molecule has 3 heterocycles. The summed E-state index contributed by atoms with van der Waals surface area (Å²) in [4.78, 5) is 19.8. The van der Waals surface area contributed by atoms with Gasteiger partial charge in [-0.3, -0.25) is 4.57 Å². The van der Waals surface area contributed by atoms with Crippen molar-refractivity contribution >= 4 is 11.9 Å². The van der Waals surface area contributed by atoms with Gasteiger partial charge in [0.25, 0.3) is 0 Å². The van der Waals surface area contributed by atoms with Crippen molar-refractivity contribution in [3.8, 4) is 5.95 Å². The molecular formula is C14H21N7. The van der Waals surface area contributed by atoms with Crippen LogP contribution < -0.4 is 10.2 Å². The second-order valence-corrected chi connectivity index (χ2v) is 5.83. The molecule has 3 rings (SSSR count). The van der Waals surface area contributed by atoms with E-state index >= 15 is 0 Å². The third-order valence-corrected chi connectivity index (χ3v) is 3.72. The van der Waals surface area contributed by atoms with Crippen molar-refractivity contribution in [3.05, 3.63) is 18.7 Å². The molecule has 2 aromatic heterocycles. The molecule has 7 heteroatoms. The van der Waals surface area contributed by atoms with Crippen LogP contribution in [-0.4, -0.2) is 44.6 Å². The summed E-state index contributed by atoms with van der Waals surface area (Å²) in [5.41, 5.74) is 0. The Kier molecular flexibility index (Phi) is 3.72. The first kappa shape index (κ1) is 13.8. The van der Waals surface area contributed by atoms with Gasteiger partial charge in [0.1, 0.15) is 6.33 Å². The van der Waals surface area contributed by atoms with E-state index in [2.05, 4.69) is 44.0 Å². The van der Waals surface area contributed by atoms with Crippen LogP contribution in [-0.2, 0) is 0 Å². The lowest BCUT2D eigenvalue weighted by molar-refractivity contribution is 0.353. The van der Waals surface area contributed by atoms with Crippen molar-refractivity contribution in [2.75, 3.05) is 30.4 Å². The van der Waals surface area contributed by atoms with Gasteiger partial charge < -0.3 is 10.2 Å². The van der Waals surface area contributed by atoms with E-state index < -0.39 is 0 Å². The van der Waals surface area contributed by atoms with Gasteiger partial charge in [-0.25, -0.2) is 4.98 Å². The largest absolute Gasteiger partial charge is 0.357 e. The Morgan fingerprint density at radius 1 is 1.10 bits per heavy atom. The van der Waals surface area contributed by atoms with Crippen LogP contribution in [0.5, 0.6) is 0 Å². The van der Waals surface area contributed by atoms with Gasteiger partial charge in [-0.1, -0.05) is 13.8 Å². The predicted molar refractivity (Wildman–Crippen MR) is 81.7 cm³/mol. The van der Waals surface area contributed by atoms with Crippen molar-refractivity contribution < 1.29 is 0 Å². The highest BCUT2D eigenvalue weighted by Gasteiger charge is 2.24. The summed E-state index contributed by atoms with van der Waals surface area (Å²) in [5, 5.41) is 3.01. The van der Waals surface area contributed by atoms with Gasteiger partial charge in [0.2, 0.25) is 17.8 Å². The Balaban J connectivity index is 1.96. The molecule has 0 aromatic carbocycles. The molecule has 2 atom stereocenters. The first-order chi connectivity index (χ1) is 10.2. The van der Waals surface area contributed by atoms with Crippen molar-refractivity contribution in [1.82, 2.24) is 24.5 Å². The van der Waals surface area contributed by atoms with Crippen LogP contribution >= 0.6 is 0 Å². The molecule has 1 N–H and O–H groups in total. The van der Waals surface area contributed by atoms with Gasteiger partial charge >= 0.3 is 0 Å². The van der Waals surface area contributed by atoms with E-state index in [1.54, 1.807) is 17.1 Å². The minimum atomic E-state index is 0.578. The number of nitrogens with zero attached hydrogens (tertiary/aromatic N) is 6. The Morgan fingerprint density at radius 2 is 1.81 bits per heavy atom. The zero-order valence-electron chi connectivity index (χ0n) is 12.7. The van der Waals surface area contributed by atoms with E-state index in [4.69, 9.17) is 0 Å². The van der Waals surface area contributed by atoms with E-state index in [9.17, 15) is 0 Å². The summed E-state index contributed by atoms with van der Waals surface area (Å²) in [6.45, 7) is 6.53. The fraction of sp³-hybridized carbons (Fsp3) is 0.571. The van der Waals surface area contributed by atoms with Gasteiger partial charge in [-0.15, -0.1) is 0 Å². The van der Waals surface area contributed by atoms with Gasteiger partial charge in [0.05, 0.1) is 0 Å². The van der Waals surface area contributed by atoms with Crippen LogP contribution in [0.1, 0.15) is 20.3 Å². The second kappa shape index (κ2) is 5.67. The number of aromatic nitrogens is 5. The van der Waals surface area contributed by atoms with Crippen molar-refractivity contribution in [3.63, 3.8) is 0 Å². The van der Waals surface area contributed by atoms with E-state index in [0.717, 1.165) is 19.0 Å². The lowest BCUT2D eigenvalue weighted by atomic mass is 9.92. The third-order valence-electron chi connectivity index (χ3n) is 3.72. The van der Waals surface area contributed by atoms with Crippen LogP contribution in [0, 0.1) is 11.8 Å². The van der Waals surface area contributed by atoms with E-state index in [-0.39, 0.29) is 0 Å². The molecule has 0 aliphatic carbocycles. The maximum absolute atomic E-state index is 4.60. The summed E-state index contributed by atoms with van der Waals surface area (Å²) in [6.07, 6.45) is 6.50. The topological polar surface area (TPSA) is 71.8 Å². The van der Waals surface area contributed by atoms with Crippen molar-refractivity contribution in [1.29, 1.82) is 0 Å². The highest BCUT2D eigenvalue weighted by molar-refractivity contribution is 5.40. The number of piperidine rings is 1. The molecule has 0 bridgehead atoms. The lowest BCUT2D eigenvalue weighted by Crippen LogP contribution is -2.40. The molecule has 1 aliphatic heterocycles. The van der Waals surface area contributed by atoms with E-state index in [1.165, 1.54) is 6.42 Å². The fourth-order valence-corrected chi connectivity index (χ4v) is 2.93. The normalized spacial score (nSPS) is 22.3. The van der Waals surface area contributed by atoms with Gasteiger partial charge in [-0.2, -0.15) is 15.0 Å². The molecule has 0 spiro atoms. The van der Waals surface area contributed by atoms with E-state index in [1.807, 2.05) is 13.2 Å². The highest BCUT2D eigenvalue weighted by Crippen LogP contribution is 2.24. The van der Waals surface area contributed by atoms with Crippen LogP contribution in [0.3, 0.4) is 0 Å². The number of nitrogens with one attached hydrogen (secondary N) is 1. The molecule has 0 amide bonds. The number of imidazole rings is 1. The zero-order chi connectivity index (χ0) is 14.8. The molecule has 21 heavy (non-hydrogen) atoms. The maximum atomic E-state index is 4.60. The zero-order valence-corrected chi connectivity index (χ0v) is 12.7. The lowest BCUT2D eigenvalue weighted by Gasteiger charge is -2.35. The molecule has 112 valence electrons. The average molecular weight is 287 g/mol. The summed E-state index contributed by atoms with van der Waals surface area (Å²) in [7, 11) is 1.82. The third kappa shape index (κ3) is 2.96. The first-order valence-electron chi connectivity index (χ1n) is 7.33. The molecule has 0 saturated carbocycles. The summed E-state index contributed by atoms with van der Waals surface area (Å²) >= 11 is 0. The minimum Gasteiger partial charge on any atom is -0.357 e. The minimum absolute atomic E-state index is 0.578. The molecule has 1 fully saturated rings. The second-order valence-electron chi connectivity index (χ2n) is 5.83. The van der Waals surface area contributed by atoms with E-state index in [0.29, 0.717) is 23.7 Å². The highest BCUT2D eigenvalue weighted by atomic mass is 15.3. The van der Waals surface area contributed by atoms with Crippen LogP contribution in [0.15, 0.2) is 18.7 Å². The predicted octanol–water partition coefficient (Wildman–Crippen LogP) is 1.58. The summed E-state index contributed by atoms with van der Waals surface area (Å²) < 4.78 is 1.79. The SMILES string of the molecule is CNc1nc(N2CC(C)CC(C)C2)nc(-n2ccnc2)n1. The average Bonchev–Trinajstić information content (AvgIpc) is 3.00. The van der Waals surface area contributed by atoms with Crippen LogP contribution in [0.2, 0.25) is 0 Å². The van der Waals surface area contributed by atoms with Gasteiger partial charge in [-0.05, 0) is 18.3 Å². The molecular weight excluding hydrogens is 266 g/mol. The standard InChI is InChI=1S/C14H21N7/c1-10-6-11(2)8-21(7-10)14-18-12(15-3)17-13(19-14)20-5-4-16-9-20/h4-5,9-11H,6-8H2,1-3H3,(H,15,17,18,19). The molecule has 0 radical (unpaired) electrons. The van der Waals surface area contributed by atoms with Crippen LogP contribution in [0.25, 0.3) is 5.95 Å². The number of hydrogen-bond donors (Lipinski definition) is 1. The first-order valence-corrected chi connectivity index (χ1v) is 7.33. The smallest absolute Gasteiger partial charge is 0.241 e. The quantitative estimate of drug-likeness (QED) is 0.924. The Morgan fingerprint density at radius 3 is 2.43 bits per heavy atom. The Labute approximate surface area is 124 Å². The molecule has 1 saturated heterocycles. The molecule has 2 aromatic rings. The number of anilines is 2. The van der Waals surface area contributed by atoms with Gasteiger partial charge in [0.15, 0.2) is 0 Å². The fourth-order valence-electron chi connectivity index (χ4n) is 2.93. The number of rotatable bonds is 3. The summed E-state index contributed by atoms with van der Waals surface area (Å²) in [6, 6.07) is 0. The monoisotopic (exact) mass is 287 g/mol. The molecule has 2 unspecified atom stereocenters. The molecule has 7 nitrogen and oxygen atoms in total. The Bertz CT molecular complexity index is 585. The van der Waals surface area contributed by atoms with Crippen molar-refractivity contribution in [2.45, 2.75) is 20.3 Å². The van der Waals surface area contributed by atoms with Crippen molar-refractivity contribution in [2.24, 2.45) is 11.8 Å². The van der Waals surface area contributed by atoms with Gasteiger partial charge in [0, 0.05) is 32.5 Å². The Hall–Kier alpha value is -2.18. The van der Waals surface area contributed by atoms with Crippen LogP contribution in [0.4, 0.5) is 11.9 Å². The summed E-state index contributed by atoms with van der Waals surface area (Å²) in [5.74, 6) is 3.21. The maximum Gasteiger partial charge on any atom is 0.241 e.